The Labute approximate surface area is 152 Å². The lowest BCUT2D eigenvalue weighted by Crippen LogP contribution is -2.60. The highest BCUT2D eigenvalue weighted by molar-refractivity contribution is 5.32. The van der Waals surface area contributed by atoms with E-state index in [1.165, 1.54) is 25.7 Å². The van der Waals surface area contributed by atoms with Crippen LogP contribution >= 0.6 is 0 Å². The molecule has 0 spiro atoms. The first kappa shape index (κ1) is 17.6. The highest BCUT2D eigenvalue weighted by Gasteiger charge is 2.59. The zero-order chi connectivity index (χ0) is 17.7. The average Bonchev–Trinajstić information content (AvgIpc) is 2.62. The minimum absolute atomic E-state index is 0.0166. The van der Waals surface area contributed by atoms with Gasteiger partial charge in [-0.2, -0.15) is 0 Å². The van der Waals surface area contributed by atoms with Crippen LogP contribution in [0.1, 0.15) is 64.7 Å². The second-order valence-corrected chi connectivity index (χ2v) is 9.11. The molecule has 3 heteroatoms. The van der Waals surface area contributed by atoms with Gasteiger partial charge in [-0.15, -0.1) is 0 Å². The molecule has 1 N–H and O–H groups in total. The second kappa shape index (κ2) is 6.42. The fraction of sp³-hybridized carbons (Fsp3) is 0.818. The van der Waals surface area contributed by atoms with Gasteiger partial charge < -0.3 is 14.6 Å². The number of ether oxygens (including phenoxy) is 2. The van der Waals surface area contributed by atoms with Gasteiger partial charge in [0.1, 0.15) is 0 Å². The lowest BCUT2D eigenvalue weighted by atomic mass is 9.46. The van der Waals surface area contributed by atoms with Gasteiger partial charge >= 0.3 is 0 Å². The second-order valence-electron chi connectivity index (χ2n) is 9.11. The molecule has 2 saturated carbocycles. The first-order valence-corrected chi connectivity index (χ1v) is 10.2. The van der Waals surface area contributed by atoms with E-state index in [1.54, 1.807) is 25.4 Å². The van der Waals surface area contributed by atoms with Crippen molar-refractivity contribution in [3.8, 4) is 0 Å². The number of rotatable bonds is 3. The Morgan fingerprint density at radius 1 is 1.20 bits per heavy atom. The molecule has 0 radical (unpaired) electrons. The fourth-order valence-corrected chi connectivity index (χ4v) is 6.85. The molecule has 0 aromatic heterocycles. The van der Waals surface area contributed by atoms with Gasteiger partial charge in [0.25, 0.3) is 0 Å². The summed E-state index contributed by atoms with van der Waals surface area (Å²) in [5.41, 5.74) is 2.76. The average molecular weight is 347 g/mol. The molecule has 25 heavy (non-hydrogen) atoms. The van der Waals surface area contributed by atoms with Crippen LogP contribution in [0.2, 0.25) is 0 Å². The van der Waals surface area contributed by atoms with E-state index in [0.29, 0.717) is 12.5 Å². The van der Waals surface area contributed by atoms with E-state index in [4.69, 9.17) is 9.47 Å². The van der Waals surface area contributed by atoms with Gasteiger partial charge in [0, 0.05) is 18.9 Å². The van der Waals surface area contributed by atoms with E-state index in [-0.39, 0.29) is 5.41 Å². The van der Waals surface area contributed by atoms with Crippen molar-refractivity contribution in [3.05, 3.63) is 23.0 Å². The zero-order valence-corrected chi connectivity index (χ0v) is 16.1. The van der Waals surface area contributed by atoms with E-state index in [1.807, 2.05) is 0 Å². The summed E-state index contributed by atoms with van der Waals surface area (Å²) in [6.45, 7) is 2.85. The summed E-state index contributed by atoms with van der Waals surface area (Å²) in [7, 11) is 3.53. The van der Waals surface area contributed by atoms with Gasteiger partial charge in [-0.25, -0.2) is 0 Å². The summed E-state index contributed by atoms with van der Waals surface area (Å²) in [4.78, 5) is 0. The zero-order valence-electron chi connectivity index (χ0n) is 16.1. The van der Waals surface area contributed by atoms with Crippen LogP contribution in [0.5, 0.6) is 0 Å². The lowest BCUT2D eigenvalue weighted by Gasteiger charge is -2.61. The van der Waals surface area contributed by atoms with E-state index < -0.39 is 5.60 Å². The summed E-state index contributed by atoms with van der Waals surface area (Å²) in [5, 5.41) is 11.5. The number of aliphatic hydroxyl groups is 1. The van der Waals surface area contributed by atoms with Crippen LogP contribution in [0, 0.1) is 23.2 Å². The molecule has 0 aliphatic heterocycles. The van der Waals surface area contributed by atoms with E-state index in [2.05, 4.69) is 13.0 Å². The quantitative estimate of drug-likeness (QED) is 0.758. The molecule has 0 saturated heterocycles. The first-order chi connectivity index (χ1) is 12.0. The first-order valence-electron chi connectivity index (χ1n) is 10.2. The minimum Gasteiger partial charge on any atom is -0.501 e. The van der Waals surface area contributed by atoms with E-state index >= 15 is 0 Å². The predicted octanol–water partition coefficient (Wildman–Crippen LogP) is 4.61. The Hall–Kier alpha value is -0.800. The minimum atomic E-state index is -0.639. The van der Waals surface area contributed by atoms with Crippen molar-refractivity contribution >= 4 is 0 Å². The summed E-state index contributed by atoms with van der Waals surface area (Å²) in [6, 6.07) is 0. The fourth-order valence-electron chi connectivity index (χ4n) is 6.85. The normalized spacial score (nSPS) is 43.7. The molecule has 4 aliphatic rings. The van der Waals surface area contributed by atoms with Gasteiger partial charge in [-0.05, 0) is 68.8 Å². The van der Waals surface area contributed by atoms with Crippen LogP contribution in [0.25, 0.3) is 0 Å². The van der Waals surface area contributed by atoms with Gasteiger partial charge in [0.2, 0.25) is 0 Å². The molecule has 4 aliphatic carbocycles. The SMILES string of the molecule is COCC1(O)CCC[C@H]2[C@@H]3CCC4=C(CC=C(OC)C4)[C@H]3CC[C@@]21C. The van der Waals surface area contributed by atoms with Crippen LogP contribution in [-0.4, -0.2) is 31.5 Å². The van der Waals surface area contributed by atoms with E-state index in [9.17, 15) is 5.11 Å². The number of methoxy groups -OCH3 is 2. The number of hydrogen-bond donors (Lipinski definition) is 1. The lowest BCUT2D eigenvalue weighted by molar-refractivity contribution is -0.197. The maximum Gasteiger partial charge on any atom is 0.0959 e. The van der Waals surface area contributed by atoms with Crippen LogP contribution in [0.4, 0.5) is 0 Å². The Morgan fingerprint density at radius 3 is 2.80 bits per heavy atom. The Morgan fingerprint density at radius 2 is 2.04 bits per heavy atom. The highest BCUT2D eigenvalue weighted by Crippen LogP contribution is 2.62. The standard InChI is InChI=1S/C22H34O3/c1-21-12-10-18-17-9-7-16(25-3)13-15(17)6-8-19(18)20(21)5-4-11-22(21,23)14-24-2/h7,18-20,23H,4-6,8-14H2,1-3H3/t18-,19-,20+,21+,22?/m1/s1. The van der Waals surface area contributed by atoms with Crippen molar-refractivity contribution in [2.45, 2.75) is 70.3 Å². The monoisotopic (exact) mass is 346 g/mol. The molecule has 3 nitrogen and oxygen atoms in total. The summed E-state index contributed by atoms with van der Waals surface area (Å²) >= 11 is 0. The van der Waals surface area contributed by atoms with Crippen molar-refractivity contribution in [3.63, 3.8) is 0 Å². The Bertz CT molecular complexity index is 588. The topological polar surface area (TPSA) is 38.7 Å². The van der Waals surface area contributed by atoms with Crippen molar-refractivity contribution in [1.29, 1.82) is 0 Å². The highest BCUT2D eigenvalue weighted by atomic mass is 16.5. The van der Waals surface area contributed by atoms with Gasteiger partial charge in [-0.1, -0.05) is 24.5 Å². The number of allylic oxidation sites excluding steroid dienone is 3. The van der Waals surface area contributed by atoms with Crippen molar-refractivity contribution in [2.75, 3.05) is 20.8 Å². The third-order valence-electron chi connectivity index (χ3n) is 8.26. The van der Waals surface area contributed by atoms with Gasteiger partial charge in [0.15, 0.2) is 0 Å². The van der Waals surface area contributed by atoms with Crippen LogP contribution in [-0.2, 0) is 9.47 Å². The predicted molar refractivity (Wildman–Crippen MR) is 99.1 cm³/mol. The maximum atomic E-state index is 11.5. The maximum absolute atomic E-state index is 11.5. The third kappa shape index (κ3) is 2.61. The molecule has 0 heterocycles. The molecule has 0 amide bonds. The van der Waals surface area contributed by atoms with Crippen molar-refractivity contribution in [1.82, 2.24) is 0 Å². The number of hydrogen-bond acceptors (Lipinski definition) is 3. The molecular formula is C22H34O3. The van der Waals surface area contributed by atoms with Crippen LogP contribution in [0.3, 0.4) is 0 Å². The van der Waals surface area contributed by atoms with Crippen LogP contribution < -0.4 is 0 Å². The van der Waals surface area contributed by atoms with Crippen LogP contribution in [0.15, 0.2) is 23.0 Å². The largest absolute Gasteiger partial charge is 0.501 e. The van der Waals surface area contributed by atoms with Gasteiger partial charge in [-0.3, -0.25) is 0 Å². The summed E-state index contributed by atoms with van der Waals surface area (Å²) < 4.78 is 11.0. The number of fused-ring (bicyclic) bond motifs is 4. The summed E-state index contributed by atoms with van der Waals surface area (Å²) in [5.74, 6) is 3.28. The third-order valence-corrected chi connectivity index (χ3v) is 8.26. The molecule has 4 rings (SSSR count). The molecule has 0 aromatic carbocycles. The molecule has 1 unspecified atom stereocenters. The van der Waals surface area contributed by atoms with Crippen molar-refractivity contribution < 1.29 is 14.6 Å². The molecule has 2 fully saturated rings. The smallest absolute Gasteiger partial charge is 0.0959 e. The molecule has 140 valence electrons. The van der Waals surface area contributed by atoms with E-state index in [0.717, 1.165) is 49.7 Å². The Balaban J connectivity index is 1.61. The van der Waals surface area contributed by atoms with Gasteiger partial charge in [0.05, 0.1) is 25.1 Å². The molecule has 5 atom stereocenters. The molecular weight excluding hydrogens is 312 g/mol. The van der Waals surface area contributed by atoms with Crippen molar-refractivity contribution in [2.24, 2.45) is 23.2 Å². The Kier molecular flexibility index (Phi) is 4.52. The summed E-state index contributed by atoms with van der Waals surface area (Å²) in [6.07, 6.45) is 12.6. The molecule has 0 aromatic rings. The molecule has 0 bridgehead atoms.